The Hall–Kier alpha value is -2.84. The van der Waals surface area contributed by atoms with Crippen molar-refractivity contribution in [1.29, 1.82) is 0 Å². The molecule has 2 aromatic rings. The standard InChI is InChI=1S/C14H12F3N3O3/c1-22-13-10(6-18-8-20-13)7-19-12(21)9-2-4-11(5-3-9)23-14(15,16)17/h2-6,8H,7H2,1H3,(H,19,21). The van der Waals surface area contributed by atoms with Gasteiger partial charge in [0.2, 0.25) is 5.88 Å². The van der Waals surface area contributed by atoms with E-state index in [-0.39, 0.29) is 12.1 Å². The Morgan fingerprint density at radius 1 is 1.26 bits per heavy atom. The molecule has 0 aliphatic heterocycles. The predicted octanol–water partition coefficient (Wildman–Crippen LogP) is 2.31. The molecule has 1 amide bonds. The average molecular weight is 327 g/mol. The zero-order chi connectivity index (χ0) is 16.9. The molecular weight excluding hydrogens is 315 g/mol. The van der Waals surface area contributed by atoms with Gasteiger partial charge in [-0.2, -0.15) is 0 Å². The quantitative estimate of drug-likeness (QED) is 0.912. The van der Waals surface area contributed by atoms with Crippen molar-refractivity contribution in [2.75, 3.05) is 7.11 Å². The maximum absolute atomic E-state index is 12.1. The number of benzene rings is 1. The second kappa shape index (κ2) is 6.95. The minimum absolute atomic E-state index is 0.115. The van der Waals surface area contributed by atoms with E-state index in [1.807, 2.05) is 0 Å². The molecule has 0 fully saturated rings. The van der Waals surface area contributed by atoms with Crippen molar-refractivity contribution in [3.63, 3.8) is 0 Å². The van der Waals surface area contributed by atoms with E-state index in [9.17, 15) is 18.0 Å². The number of ether oxygens (including phenoxy) is 2. The van der Waals surface area contributed by atoms with Gasteiger partial charge in [0, 0.05) is 18.3 Å². The number of nitrogens with one attached hydrogen (secondary N) is 1. The van der Waals surface area contributed by atoms with Gasteiger partial charge in [-0.15, -0.1) is 13.2 Å². The Bertz CT molecular complexity index is 675. The fourth-order valence-corrected chi connectivity index (χ4v) is 1.74. The third kappa shape index (κ3) is 4.83. The van der Waals surface area contributed by atoms with E-state index < -0.39 is 18.0 Å². The lowest BCUT2D eigenvalue weighted by Gasteiger charge is -2.10. The van der Waals surface area contributed by atoms with Crippen LogP contribution in [0.4, 0.5) is 13.2 Å². The third-order valence-electron chi connectivity index (χ3n) is 2.73. The van der Waals surface area contributed by atoms with Crippen molar-refractivity contribution in [3.8, 4) is 11.6 Å². The van der Waals surface area contributed by atoms with Crippen molar-refractivity contribution in [3.05, 3.63) is 47.9 Å². The van der Waals surface area contributed by atoms with Crippen LogP contribution in [0.2, 0.25) is 0 Å². The van der Waals surface area contributed by atoms with Crippen LogP contribution < -0.4 is 14.8 Å². The molecule has 0 unspecified atom stereocenters. The van der Waals surface area contributed by atoms with Gasteiger partial charge >= 0.3 is 6.36 Å². The van der Waals surface area contributed by atoms with Gasteiger partial charge in [0.1, 0.15) is 12.1 Å². The zero-order valence-corrected chi connectivity index (χ0v) is 11.9. The van der Waals surface area contributed by atoms with E-state index >= 15 is 0 Å². The van der Waals surface area contributed by atoms with Crippen molar-refractivity contribution < 1.29 is 27.4 Å². The minimum atomic E-state index is -4.77. The van der Waals surface area contributed by atoms with Crippen molar-refractivity contribution in [2.24, 2.45) is 0 Å². The lowest BCUT2D eigenvalue weighted by molar-refractivity contribution is -0.274. The molecule has 1 N–H and O–H groups in total. The average Bonchev–Trinajstić information content (AvgIpc) is 2.52. The molecule has 2 rings (SSSR count). The summed E-state index contributed by atoms with van der Waals surface area (Å²) < 4.78 is 44.9. The number of amides is 1. The maximum atomic E-state index is 12.1. The molecule has 1 aromatic carbocycles. The summed E-state index contributed by atoms with van der Waals surface area (Å²) in [6.45, 7) is 0.115. The first-order valence-electron chi connectivity index (χ1n) is 6.36. The lowest BCUT2D eigenvalue weighted by atomic mass is 10.2. The van der Waals surface area contributed by atoms with Gasteiger partial charge < -0.3 is 14.8 Å². The zero-order valence-electron chi connectivity index (χ0n) is 11.9. The second-order valence-electron chi connectivity index (χ2n) is 4.31. The van der Waals surface area contributed by atoms with Crippen LogP contribution in [0, 0.1) is 0 Å². The van der Waals surface area contributed by atoms with Crippen LogP contribution >= 0.6 is 0 Å². The fourth-order valence-electron chi connectivity index (χ4n) is 1.74. The summed E-state index contributed by atoms with van der Waals surface area (Å²) in [5.74, 6) is -0.532. The maximum Gasteiger partial charge on any atom is 0.573 e. The van der Waals surface area contributed by atoms with Crippen LogP contribution in [0.1, 0.15) is 15.9 Å². The van der Waals surface area contributed by atoms with Gasteiger partial charge in [-0.3, -0.25) is 4.79 Å². The highest BCUT2D eigenvalue weighted by Gasteiger charge is 2.31. The van der Waals surface area contributed by atoms with E-state index in [0.29, 0.717) is 11.4 Å². The van der Waals surface area contributed by atoms with Gasteiger partial charge in [-0.05, 0) is 24.3 Å². The first-order chi connectivity index (χ1) is 10.9. The molecule has 0 aliphatic rings. The Morgan fingerprint density at radius 3 is 2.57 bits per heavy atom. The summed E-state index contributed by atoms with van der Waals surface area (Å²) in [4.78, 5) is 19.7. The van der Waals surface area contributed by atoms with Crippen LogP contribution in [0.3, 0.4) is 0 Å². The van der Waals surface area contributed by atoms with Crippen LogP contribution in [-0.2, 0) is 6.54 Å². The van der Waals surface area contributed by atoms with Crippen LogP contribution in [0.5, 0.6) is 11.6 Å². The highest BCUT2D eigenvalue weighted by molar-refractivity contribution is 5.94. The summed E-state index contributed by atoms with van der Waals surface area (Å²) >= 11 is 0. The van der Waals surface area contributed by atoms with E-state index in [1.54, 1.807) is 0 Å². The topological polar surface area (TPSA) is 73.3 Å². The van der Waals surface area contributed by atoms with Gasteiger partial charge in [0.25, 0.3) is 5.91 Å². The Kier molecular flexibility index (Phi) is 4.99. The molecule has 0 spiro atoms. The van der Waals surface area contributed by atoms with Crippen molar-refractivity contribution in [1.82, 2.24) is 15.3 Å². The third-order valence-corrected chi connectivity index (χ3v) is 2.73. The molecule has 0 bridgehead atoms. The summed E-state index contributed by atoms with van der Waals surface area (Å²) in [6.07, 6.45) is -1.97. The number of rotatable bonds is 5. The molecular formula is C14H12F3N3O3. The summed E-state index contributed by atoms with van der Waals surface area (Å²) in [5.41, 5.74) is 0.760. The highest BCUT2D eigenvalue weighted by atomic mass is 19.4. The summed E-state index contributed by atoms with van der Waals surface area (Å²) in [5, 5.41) is 2.60. The van der Waals surface area contributed by atoms with Crippen molar-refractivity contribution >= 4 is 5.91 Å². The van der Waals surface area contributed by atoms with Crippen LogP contribution in [-0.4, -0.2) is 29.3 Å². The smallest absolute Gasteiger partial charge is 0.481 e. The number of aromatic nitrogens is 2. The molecule has 9 heteroatoms. The van der Waals surface area contributed by atoms with Crippen molar-refractivity contribution in [2.45, 2.75) is 12.9 Å². The largest absolute Gasteiger partial charge is 0.573 e. The number of carbonyl (C=O) groups is 1. The van der Waals surface area contributed by atoms with Gasteiger partial charge in [-0.1, -0.05) is 0 Å². The normalized spacial score (nSPS) is 11.0. The van der Waals surface area contributed by atoms with E-state index in [0.717, 1.165) is 12.1 Å². The SMILES string of the molecule is COc1ncncc1CNC(=O)c1ccc(OC(F)(F)F)cc1. The van der Waals surface area contributed by atoms with Gasteiger partial charge in [0.15, 0.2) is 0 Å². The van der Waals surface area contributed by atoms with E-state index in [4.69, 9.17) is 4.74 Å². The Balaban J connectivity index is 1.98. The number of carbonyl (C=O) groups excluding carboxylic acids is 1. The van der Waals surface area contributed by atoms with E-state index in [1.165, 1.54) is 31.8 Å². The molecule has 122 valence electrons. The molecule has 0 atom stereocenters. The molecule has 0 saturated carbocycles. The number of hydrogen-bond donors (Lipinski definition) is 1. The fraction of sp³-hybridized carbons (Fsp3) is 0.214. The second-order valence-corrected chi connectivity index (χ2v) is 4.31. The molecule has 0 radical (unpaired) electrons. The van der Waals surface area contributed by atoms with Gasteiger partial charge in [0.05, 0.1) is 12.7 Å². The van der Waals surface area contributed by atoms with Crippen LogP contribution in [0.25, 0.3) is 0 Å². The Morgan fingerprint density at radius 2 is 1.96 bits per heavy atom. The molecule has 0 saturated heterocycles. The number of hydrogen-bond acceptors (Lipinski definition) is 5. The number of alkyl halides is 3. The molecule has 6 nitrogen and oxygen atoms in total. The molecule has 1 heterocycles. The van der Waals surface area contributed by atoms with E-state index in [2.05, 4.69) is 20.0 Å². The number of halogens is 3. The summed E-state index contributed by atoms with van der Waals surface area (Å²) in [6, 6.07) is 4.59. The molecule has 1 aromatic heterocycles. The monoisotopic (exact) mass is 327 g/mol. The molecule has 23 heavy (non-hydrogen) atoms. The first kappa shape index (κ1) is 16.5. The summed E-state index contributed by atoms with van der Waals surface area (Å²) in [7, 11) is 1.44. The highest BCUT2D eigenvalue weighted by Crippen LogP contribution is 2.22. The predicted molar refractivity (Wildman–Crippen MR) is 72.9 cm³/mol. The Labute approximate surface area is 129 Å². The minimum Gasteiger partial charge on any atom is -0.481 e. The van der Waals surface area contributed by atoms with Crippen LogP contribution in [0.15, 0.2) is 36.8 Å². The molecule has 0 aliphatic carbocycles. The lowest BCUT2D eigenvalue weighted by Crippen LogP contribution is -2.23. The number of methoxy groups -OCH3 is 1. The number of nitrogens with zero attached hydrogens (tertiary/aromatic N) is 2. The van der Waals surface area contributed by atoms with Gasteiger partial charge in [-0.25, -0.2) is 9.97 Å². The first-order valence-corrected chi connectivity index (χ1v) is 6.36.